The lowest BCUT2D eigenvalue weighted by Gasteiger charge is -2.35. The molecular weight excluding hydrogens is 1820 g/mol. The molecule has 0 heterocycles. The van der Waals surface area contributed by atoms with Crippen molar-refractivity contribution in [3.05, 3.63) is 317 Å². The topological polar surface area (TPSA) is 219 Å². The Hall–Kier alpha value is -11.3. The molecule has 5 N–H and O–H groups in total. The van der Waals surface area contributed by atoms with Crippen LogP contribution in [0.2, 0.25) is 0 Å². The highest BCUT2D eigenvalue weighted by Gasteiger charge is 2.33. The molecule has 17 nitrogen and oxygen atoms in total. The van der Waals surface area contributed by atoms with Crippen LogP contribution in [0.3, 0.4) is 0 Å². The van der Waals surface area contributed by atoms with Crippen LogP contribution in [-0.4, -0.2) is 97.3 Å². The van der Waals surface area contributed by atoms with Crippen molar-refractivity contribution in [2.24, 2.45) is 21.7 Å². The molecule has 800 valence electrons. The van der Waals surface area contributed by atoms with Crippen LogP contribution in [0.15, 0.2) is 267 Å². The van der Waals surface area contributed by atoms with E-state index in [2.05, 4.69) is 260 Å². The van der Waals surface area contributed by atoms with Crippen LogP contribution >= 0.6 is 0 Å². The van der Waals surface area contributed by atoms with Gasteiger partial charge in [0.25, 0.3) is 0 Å². The lowest BCUT2D eigenvalue weighted by atomic mass is 9.94. The Balaban J connectivity index is 0.000000304. The van der Waals surface area contributed by atoms with Crippen molar-refractivity contribution in [1.29, 1.82) is 0 Å². The lowest BCUT2D eigenvalue weighted by Crippen LogP contribution is -2.38. The quantitative estimate of drug-likeness (QED) is 0.0139. The number of rotatable bonds is 37. The average Bonchev–Trinajstić information content (AvgIpc) is 0.840. The summed E-state index contributed by atoms with van der Waals surface area (Å²) in [6, 6.07) is 85.5. The number of carbonyl (C=O) groups is 2. The molecule has 1 fully saturated rings. The molecule has 17 heteroatoms. The first-order valence-electron chi connectivity index (χ1n) is 53.6. The zero-order valence-electron chi connectivity index (χ0n) is 94.1. The maximum absolute atomic E-state index is 12.3. The van der Waals surface area contributed by atoms with Crippen LogP contribution < -0.4 is 24.3 Å². The van der Waals surface area contributed by atoms with E-state index in [1.54, 1.807) is 55.6 Å². The number of amides is 1. The molecule has 1 amide bonds. The number of ether oxygens (including phenoxy) is 10. The average molecular weight is 2000 g/mol. The number of nitrogens with one attached hydrogen (secondary N) is 1. The van der Waals surface area contributed by atoms with Gasteiger partial charge >= 0.3 is 12.1 Å². The molecule has 1 saturated carbocycles. The summed E-state index contributed by atoms with van der Waals surface area (Å²) in [6.45, 7) is 61.1. The summed E-state index contributed by atoms with van der Waals surface area (Å²) < 4.78 is 58.7. The Morgan fingerprint density at radius 2 is 0.623 bits per heavy atom. The van der Waals surface area contributed by atoms with E-state index in [-0.39, 0.29) is 66.6 Å². The van der Waals surface area contributed by atoms with Gasteiger partial charge in [0.1, 0.15) is 59.2 Å². The van der Waals surface area contributed by atoms with Gasteiger partial charge in [0.15, 0.2) is 0 Å². The molecule has 12 rings (SSSR count). The smallest absolute Gasteiger partial charge is 0.411 e. The summed E-state index contributed by atoms with van der Waals surface area (Å²) >= 11 is 0. The van der Waals surface area contributed by atoms with Gasteiger partial charge < -0.3 is 67.8 Å². The number of phenolic OH excluding ortho intramolecular Hbond substituents is 4. The number of esters is 1. The fourth-order valence-electron chi connectivity index (χ4n) is 15.2. The second-order valence-corrected chi connectivity index (χ2v) is 43.1. The first kappa shape index (κ1) is 125. The third-order valence-electron chi connectivity index (χ3n) is 26.5. The number of anilines is 1. The van der Waals surface area contributed by atoms with E-state index in [4.69, 9.17) is 67.8 Å². The molecule has 1 aliphatic rings. The van der Waals surface area contributed by atoms with Crippen molar-refractivity contribution in [1.82, 2.24) is 0 Å². The SMILES string of the molecule is CCC(C)c1ccc(O)cc1.CCC(C)c1ccc(O)cc1.CCC(C)c1ccc(OC(OCCOC(=O)Nc2cccc3ccccc23)C(C)(C)C)cc1.CCC(C)c1ccc(OC(OCCOC(=O)c2ccccc2)C(C)(C)C)cc1.CCC(C)c1cccc(O)c1.CCC(C)c1cccc(O)c1.CCC(C)c1cccc(OC(OC)C(C)(C)C)c1.CCC(C)c1cccc(OC(OC2CCCCC2)C(C)(C)C)c1. The van der Waals surface area contributed by atoms with Crippen molar-refractivity contribution >= 4 is 28.5 Å². The zero-order valence-corrected chi connectivity index (χ0v) is 94.1. The van der Waals surface area contributed by atoms with E-state index in [0.29, 0.717) is 82.0 Å². The van der Waals surface area contributed by atoms with Crippen LogP contribution in [0.5, 0.6) is 46.0 Å². The second kappa shape index (κ2) is 65.4. The number of fused-ring (bicyclic) bond motifs is 1. The number of phenols is 4. The Morgan fingerprint density at radius 3 is 0.986 bits per heavy atom. The molecule has 1 aliphatic carbocycles. The first-order chi connectivity index (χ1) is 69.3. The lowest BCUT2D eigenvalue weighted by molar-refractivity contribution is -0.177. The molecule has 0 bridgehead atoms. The third kappa shape index (κ3) is 46.8. The number of methoxy groups -OCH3 is 1. The summed E-state index contributed by atoms with van der Waals surface area (Å²) in [7, 11) is 1.69. The van der Waals surface area contributed by atoms with E-state index in [0.717, 1.165) is 90.8 Å². The van der Waals surface area contributed by atoms with Crippen LogP contribution in [0.1, 0.15) is 380 Å². The van der Waals surface area contributed by atoms with Crippen molar-refractivity contribution in [2.75, 3.05) is 38.9 Å². The van der Waals surface area contributed by atoms with Crippen LogP contribution in [0.25, 0.3) is 10.8 Å². The minimum Gasteiger partial charge on any atom is -0.508 e. The van der Waals surface area contributed by atoms with Gasteiger partial charge in [0.2, 0.25) is 25.2 Å². The number of aromatic hydroxyl groups is 4. The molecular formula is C129H183NO16. The number of hydrogen-bond acceptors (Lipinski definition) is 16. The number of carbonyl (C=O) groups excluding carboxylic acids is 2. The van der Waals surface area contributed by atoms with Crippen LogP contribution in [0, 0.1) is 21.7 Å². The maximum atomic E-state index is 12.3. The van der Waals surface area contributed by atoms with Gasteiger partial charge in [-0.1, -0.05) is 365 Å². The zero-order chi connectivity index (χ0) is 108. The Bertz CT molecular complexity index is 5270. The molecule has 11 aromatic carbocycles. The number of hydrogen-bond donors (Lipinski definition) is 5. The number of benzene rings is 11. The first-order valence-corrected chi connectivity index (χ1v) is 53.6. The Morgan fingerprint density at radius 1 is 0.308 bits per heavy atom. The summed E-state index contributed by atoms with van der Waals surface area (Å²) in [4.78, 5) is 24.3. The van der Waals surface area contributed by atoms with Gasteiger partial charge in [0.05, 0.1) is 30.6 Å². The highest BCUT2D eigenvalue weighted by Crippen LogP contribution is 2.37. The molecule has 0 saturated heterocycles. The van der Waals surface area contributed by atoms with Crippen molar-refractivity contribution in [3.8, 4) is 46.0 Å². The van der Waals surface area contributed by atoms with Gasteiger partial charge in [-0.3, -0.25) is 5.32 Å². The van der Waals surface area contributed by atoms with E-state index in [1.165, 1.54) is 76.6 Å². The van der Waals surface area contributed by atoms with Crippen LogP contribution in [0.4, 0.5) is 10.5 Å². The maximum Gasteiger partial charge on any atom is 0.411 e. The van der Waals surface area contributed by atoms with E-state index in [9.17, 15) is 9.59 Å². The van der Waals surface area contributed by atoms with Crippen molar-refractivity contribution < 1.29 is 77.4 Å². The fourth-order valence-corrected chi connectivity index (χ4v) is 15.2. The van der Waals surface area contributed by atoms with Crippen molar-refractivity contribution in [3.63, 3.8) is 0 Å². The van der Waals surface area contributed by atoms with Gasteiger partial charge in [0, 0.05) is 34.2 Å². The summed E-state index contributed by atoms with van der Waals surface area (Å²) in [5.74, 6) is 8.86. The van der Waals surface area contributed by atoms with Gasteiger partial charge in [-0.15, -0.1) is 0 Å². The molecule has 146 heavy (non-hydrogen) atoms. The third-order valence-corrected chi connectivity index (χ3v) is 26.5. The van der Waals surface area contributed by atoms with Crippen molar-refractivity contribution in [2.45, 2.75) is 356 Å². The standard InChI is InChI=1S/C28H35NO4.C24H32O4.C21H34O2.C16H26O2.4C10H14O/c1-6-20(2)21-14-16-23(17-15-21)33-26(28(3,4)5)31-18-19-32-27(30)29-25-13-9-11-22-10-7-8-12-24(22)25;1-6-18(2)19-12-14-21(15-13-19)28-23(24(3,4)5)27-17-16-26-22(25)20-10-8-7-9-11-20;1-6-16(2)17-11-10-14-19(15-17)23-20(21(3,4)5)22-18-12-8-7-9-13-18;1-7-12(2)13-9-8-10-14(11-13)18-15(17-6)16(3,4)5;2*1-3-8(2)9-4-6-10(11)7-5-9;2*1-3-8(2)9-5-4-6-10(11)7-9/h7-17,20,26H,6,18-19H2,1-5H3,(H,29,30);7-15,18,23H,6,16-17H2,1-5H3;10-11,14-16,18,20H,6-9,12-13H2,1-5H3;8-12,15H,7H2,1-6H3;4*4-8,11H,3H2,1-2H3. The molecule has 0 aromatic heterocycles. The molecule has 12 unspecified atom stereocenters. The molecule has 0 aliphatic heterocycles. The molecule has 12 atom stereocenters. The minimum absolute atomic E-state index is 0.0379. The molecule has 0 radical (unpaired) electrons. The minimum atomic E-state index is -0.510. The Kier molecular flexibility index (Phi) is 56.0. The van der Waals surface area contributed by atoms with Gasteiger partial charge in [-0.25, -0.2) is 9.59 Å². The predicted molar refractivity (Wildman–Crippen MR) is 606 cm³/mol. The molecule has 0 spiro atoms. The monoisotopic (exact) mass is 2000 g/mol. The van der Waals surface area contributed by atoms with E-state index in [1.807, 2.05) is 158 Å². The summed E-state index contributed by atoms with van der Waals surface area (Å²) in [6.07, 6.45) is 13.7. The molecule has 11 aromatic rings. The fraction of sp³-hybridized carbons (Fsp3) is 0.488. The largest absolute Gasteiger partial charge is 0.508 e. The predicted octanol–water partition coefficient (Wildman–Crippen LogP) is 35.7. The van der Waals surface area contributed by atoms with E-state index < -0.39 is 18.7 Å². The summed E-state index contributed by atoms with van der Waals surface area (Å²) in [5.41, 5.74) is 11.0. The highest BCUT2D eigenvalue weighted by atomic mass is 16.7. The van der Waals surface area contributed by atoms with E-state index >= 15 is 0 Å². The normalized spacial score (nSPS) is 14.4. The Labute approximate surface area is 880 Å². The van der Waals surface area contributed by atoms with Crippen LogP contribution in [-0.2, 0) is 28.4 Å². The second-order valence-electron chi connectivity index (χ2n) is 43.1. The summed E-state index contributed by atoms with van der Waals surface area (Å²) in [5, 5.41) is 41.2. The highest BCUT2D eigenvalue weighted by molar-refractivity contribution is 6.00. The van der Waals surface area contributed by atoms with Gasteiger partial charge in [-0.2, -0.15) is 0 Å². The van der Waals surface area contributed by atoms with Gasteiger partial charge in [-0.05, 0) is 277 Å².